The largest absolute Gasteiger partial charge is 0.491 e. The van der Waals surface area contributed by atoms with Crippen LogP contribution in [0.25, 0.3) is 11.0 Å². The normalized spacial score (nSPS) is 12.3. The Morgan fingerprint density at radius 3 is 3.10 bits per heavy atom. The highest BCUT2D eigenvalue weighted by atomic mass is 16.5. The van der Waals surface area contributed by atoms with Gasteiger partial charge >= 0.3 is 0 Å². The van der Waals surface area contributed by atoms with Crippen molar-refractivity contribution in [2.24, 2.45) is 0 Å². The van der Waals surface area contributed by atoms with Crippen LogP contribution in [0, 0.1) is 6.92 Å². The average molecular weight is 283 g/mol. The van der Waals surface area contributed by atoms with Gasteiger partial charge in [0.2, 0.25) is 0 Å². The Labute approximate surface area is 122 Å². The first kappa shape index (κ1) is 13.4. The fraction of sp³-hybridized carbons (Fsp3) is 0.267. The molecule has 0 saturated carbocycles. The van der Waals surface area contributed by atoms with E-state index in [0.29, 0.717) is 6.61 Å². The highest BCUT2D eigenvalue weighted by Crippen LogP contribution is 2.17. The minimum absolute atomic E-state index is 0.110. The Morgan fingerprint density at radius 1 is 1.33 bits per heavy atom. The van der Waals surface area contributed by atoms with E-state index < -0.39 is 0 Å². The summed E-state index contributed by atoms with van der Waals surface area (Å²) in [4.78, 5) is 8.36. The molecule has 3 rings (SSSR count). The number of ether oxygens (including phenoxy) is 1. The summed E-state index contributed by atoms with van der Waals surface area (Å²) < 4.78 is 5.79. The average Bonchev–Trinajstić information content (AvgIpc) is 2.95. The maximum atomic E-state index is 5.79. The monoisotopic (exact) mass is 283 g/mol. The number of aryl methyl sites for hydroxylation is 1. The third-order valence-corrected chi connectivity index (χ3v) is 3.12. The number of anilines is 1. The van der Waals surface area contributed by atoms with E-state index in [0.717, 1.165) is 22.6 Å². The van der Waals surface area contributed by atoms with Crippen LogP contribution in [-0.2, 0) is 0 Å². The van der Waals surface area contributed by atoms with Gasteiger partial charge in [-0.2, -0.15) is 5.10 Å². The molecule has 6 heteroatoms. The van der Waals surface area contributed by atoms with Gasteiger partial charge in [0.1, 0.15) is 24.5 Å². The van der Waals surface area contributed by atoms with Crippen LogP contribution in [0.15, 0.2) is 36.8 Å². The lowest BCUT2D eigenvalue weighted by molar-refractivity contribution is 0.303. The number of aromatic nitrogens is 4. The molecule has 2 N–H and O–H groups in total. The molecular formula is C15H17N5O. The van der Waals surface area contributed by atoms with Gasteiger partial charge < -0.3 is 10.1 Å². The van der Waals surface area contributed by atoms with Crippen molar-refractivity contribution in [1.29, 1.82) is 0 Å². The van der Waals surface area contributed by atoms with E-state index in [-0.39, 0.29) is 6.04 Å². The van der Waals surface area contributed by atoms with E-state index in [4.69, 9.17) is 4.74 Å². The minimum Gasteiger partial charge on any atom is -0.491 e. The molecule has 3 aromatic rings. The Kier molecular flexibility index (Phi) is 3.68. The summed E-state index contributed by atoms with van der Waals surface area (Å²) in [7, 11) is 0. The lowest BCUT2D eigenvalue weighted by Crippen LogP contribution is -2.24. The fourth-order valence-corrected chi connectivity index (χ4v) is 2.08. The highest BCUT2D eigenvalue weighted by molar-refractivity contribution is 5.85. The van der Waals surface area contributed by atoms with Crippen LogP contribution in [0.4, 0.5) is 5.82 Å². The molecule has 1 atom stereocenters. The van der Waals surface area contributed by atoms with Crippen molar-refractivity contribution in [3.8, 4) is 5.75 Å². The Morgan fingerprint density at radius 2 is 2.24 bits per heavy atom. The highest BCUT2D eigenvalue weighted by Gasteiger charge is 2.09. The second-order valence-corrected chi connectivity index (χ2v) is 5.03. The van der Waals surface area contributed by atoms with Crippen molar-refractivity contribution in [2.45, 2.75) is 19.9 Å². The summed E-state index contributed by atoms with van der Waals surface area (Å²) in [5, 5.41) is 11.0. The van der Waals surface area contributed by atoms with Crippen LogP contribution < -0.4 is 10.1 Å². The van der Waals surface area contributed by atoms with Gasteiger partial charge in [-0.1, -0.05) is 12.1 Å². The number of aromatic amines is 1. The van der Waals surface area contributed by atoms with E-state index in [2.05, 4.69) is 25.5 Å². The number of fused-ring (bicyclic) bond motifs is 1. The number of H-pyrrole nitrogens is 1. The predicted octanol–water partition coefficient (Wildman–Crippen LogP) is 2.54. The first-order valence-electron chi connectivity index (χ1n) is 6.82. The zero-order valence-electron chi connectivity index (χ0n) is 12.0. The van der Waals surface area contributed by atoms with Crippen LogP contribution in [0.1, 0.15) is 12.5 Å². The van der Waals surface area contributed by atoms with E-state index in [1.54, 1.807) is 6.20 Å². The second kappa shape index (κ2) is 5.78. The summed E-state index contributed by atoms with van der Waals surface area (Å²) in [6.45, 7) is 4.64. The molecule has 0 aliphatic carbocycles. The Hall–Kier alpha value is -2.63. The number of hydrogen-bond donors (Lipinski definition) is 2. The topological polar surface area (TPSA) is 75.7 Å². The van der Waals surface area contributed by atoms with Gasteiger partial charge in [-0.05, 0) is 31.5 Å². The van der Waals surface area contributed by atoms with Crippen LogP contribution in [0.2, 0.25) is 0 Å². The van der Waals surface area contributed by atoms with E-state index in [1.807, 2.05) is 38.1 Å². The minimum atomic E-state index is 0.110. The molecule has 2 aromatic heterocycles. The van der Waals surface area contributed by atoms with Crippen LogP contribution in [0.5, 0.6) is 5.75 Å². The fourth-order valence-electron chi connectivity index (χ4n) is 2.08. The molecule has 1 aromatic carbocycles. The number of nitrogens with one attached hydrogen (secondary N) is 2. The molecule has 0 radical (unpaired) electrons. The van der Waals surface area contributed by atoms with Gasteiger partial charge in [-0.25, -0.2) is 9.97 Å². The molecule has 2 heterocycles. The maximum absolute atomic E-state index is 5.79. The van der Waals surface area contributed by atoms with Crippen molar-refractivity contribution < 1.29 is 4.74 Å². The van der Waals surface area contributed by atoms with Gasteiger partial charge in [-0.15, -0.1) is 0 Å². The molecule has 21 heavy (non-hydrogen) atoms. The van der Waals surface area contributed by atoms with Gasteiger partial charge in [0.15, 0.2) is 5.65 Å². The molecule has 1 unspecified atom stereocenters. The number of benzene rings is 1. The first-order valence-corrected chi connectivity index (χ1v) is 6.82. The van der Waals surface area contributed by atoms with Crippen LogP contribution in [-0.4, -0.2) is 32.8 Å². The zero-order valence-corrected chi connectivity index (χ0v) is 12.0. The van der Waals surface area contributed by atoms with Crippen molar-refractivity contribution in [1.82, 2.24) is 20.2 Å². The van der Waals surface area contributed by atoms with Crippen molar-refractivity contribution in [3.05, 3.63) is 42.4 Å². The van der Waals surface area contributed by atoms with Gasteiger partial charge in [0.05, 0.1) is 17.6 Å². The maximum Gasteiger partial charge on any atom is 0.160 e. The van der Waals surface area contributed by atoms with Crippen LogP contribution >= 0.6 is 0 Å². The third-order valence-electron chi connectivity index (χ3n) is 3.12. The standard InChI is InChI=1S/C15H17N5O/c1-10-4-3-5-12(6-10)21-8-11(2)19-14-13-7-18-20-15(13)17-9-16-14/h3-7,9,11H,8H2,1-2H3,(H2,16,17,18,19,20). The van der Waals surface area contributed by atoms with Gasteiger partial charge in [0, 0.05) is 0 Å². The summed E-state index contributed by atoms with van der Waals surface area (Å²) in [5.74, 6) is 1.63. The van der Waals surface area contributed by atoms with Crippen molar-refractivity contribution >= 4 is 16.9 Å². The van der Waals surface area contributed by atoms with Gasteiger partial charge in [-0.3, -0.25) is 5.10 Å². The lowest BCUT2D eigenvalue weighted by Gasteiger charge is -2.16. The summed E-state index contributed by atoms with van der Waals surface area (Å²) in [6, 6.07) is 8.12. The third kappa shape index (κ3) is 3.10. The molecule has 0 bridgehead atoms. The molecule has 0 spiro atoms. The summed E-state index contributed by atoms with van der Waals surface area (Å²) >= 11 is 0. The van der Waals surface area contributed by atoms with E-state index in [1.165, 1.54) is 11.9 Å². The molecule has 0 saturated heterocycles. The van der Waals surface area contributed by atoms with Crippen LogP contribution in [0.3, 0.4) is 0 Å². The molecule has 0 amide bonds. The number of nitrogens with zero attached hydrogens (tertiary/aromatic N) is 3. The number of rotatable bonds is 5. The first-order chi connectivity index (χ1) is 10.2. The molecule has 0 aliphatic rings. The smallest absolute Gasteiger partial charge is 0.160 e. The summed E-state index contributed by atoms with van der Waals surface area (Å²) in [6.07, 6.45) is 3.22. The lowest BCUT2D eigenvalue weighted by atomic mass is 10.2. The predicted molar refractivity (Wildman–Crippen MR) is 81.4 cm³/mol. The Bertz CT molecular complexity index is 740. The number of hydrogen-bond acceptors (Lipinski definition) is 5. The molecular weight excluding hydrogens is 266 g/mol. The molecule has 0 aliphatic heterocycles. The van der Waals surface area contributed by atoms with Crippen molar-refractivity contribution in [2.75, 3.05) is 11.9 Å². The summed E-state index contributed by atoms with van der Waals surface area (Å²) in [5.41, 5.74) is 1.91. The van der Waals surface area contributed by atoms with E-state index >= 15 is 0 Å². The Balaban J connectivity index is 1.64. The van der Waals surface area contributed by atoms with Crippen molar-refractivity contribution in [3.63, 3.8) is 0 Å². The quantitative estimate of drug-likeness (QED) is 0.752. The van der Waals surface area contributed by atoms with E-state index in [9.17, 15) is 0 Å². The van der Waals surface area contributed by atoms with Gasteiger partial charge in [0.25, 0.3) is 0 Å². The molecule has 108 valence electrons. The second-order valence-electron chi connectivity index (χ2n) is 5.03. The molecule has 6 nitrogen and oxygen atoms in total. The SMILES string of the molecule is Cc1cccc(OCC(C)Nc2ncnc3[nH]ncc23)c1. The zero-order chi connectivity index (χ0) is 14.7. The molecule has 0 fully saturated rings.